The first-order valence-electron chi connectivity index (χ1n) is 9.61. The van der Waals surface area contributed by atoms with Crippen molar-refractivity contribution in [3.63, 3.8) is 0 Å². The summed E-state index contributed by atoms with van der Waals surface area (Å²) in [6.45, 7) is 3.52. The lowest BCUT2D eigenvalue weighted by Crippen LogP contribution is -2.14. The van der Waals surface area contributed by atoms with Crippen molar-refractivity contribution in [2.45, 2.75) is 20.3 Å². The van der Waals surface area contributed by atoms with Crippen LogP contribution < -0.4 is 10.6 Å². The fourth-order valence-electron chi connectivity index (χ4n) is 3.02. The van der Waals surface area contributed by atoms with Crippen molar-refractivity contribution in [1.29, 1.82) is 0 Å². The average Bonchev–Trinajstić information content (AvgIpc) is 3.38. The summed E-state index contributed by atoms with van der Waals surface area (Å²) in [5.74, 6) is -0.263. The number of nitrogens with one attached hydrogen (secondary N) is 2. The second-order valence-electron chi connectivity index (χ2n) is 7.03. The summed E-state index contributed by atoms with van der Waals surface area (Å²) in [5.41, 5.74) is 5.39. The maximum Gasteiger partial charge on any atom is 0.232 e. The minimum absolute atomic E-state index is 0.113. The molecule has 156 valence electrons. The molecule has 0 fully saturated rings. The van der Waals surface area contributed by atoms with E-state index in [0.717, 1.165) is 33.2 Å². The van der Waals surface area contributed by atoms with E-state index in [1.807, 2.05) is 60.1 Å². The highest BCUT2D eigenvalue weighted by Crippen LogP contribution is 2.27. The first-order valence-corrected chi connectivity index (χ1v) is 11.4. The predicted molar refractivity (Wildman–Crippen MR) is 126 cm³/mol. The molecule has 2 amide bonds. The third kappa shape index (κ3) is 5.42. The molecule has 0 bridgehead atoms. The van der Waals surface area contributed by atoms with Crippen LogP contribution in [0.4, 0.5) is 10.8 Å². The highest BCUT2D eigenvalue weighted by Gasteiger charge is 2.12. The molecular formula is C23H20N4O2S2. The summed E-state index contributed by atoms with van der Waals surface area (Å²) in [6.07, 6.45) is 0.197. The Morgan fingerprint density at radius 1 is 0.935 bits per heavy atom. The van der Waals surface area contributed by atoms with E-state index in [2.05, 4.69) is 26.7 Å². The average molecular weight is 449 g/mol. The summed E-state index contributed by atoms with van der Waals surface area (Å²) in [6, 6.07) is 15.6. The predicted octanol–water partition coefficient (Wildman–Crippen LogP) is 5.38. The molecule has 4 aromatic rings. The molecule has 2 heterocycles. The quantitative estimate of drug-likeness (QED) is 0.415. The highest BCUT2D eigenvalue weighted by atomic mass is 32.1. The fraction of sp³-hybridized carbons (Fsp3) is 0.130. The van der Waals surface area contributed by atoms with E-state index in [-0.39, 0.29) is 18.2 Å². The Bertz CT molecular complexity index is 1230. The molecule has 0 saturated carbocycles. The van der Waals surface area contributed by atoms with E-state index < -0.39 is 0 Å². The SMILES string of the molecule is CC(=O)Nc1ccc(-c2csc(NC(=O)Cc3csc(-c4cccc(C)c4)n3)n2)cc1. The van der Waals surface area contributed by atoms with Crippen LogP contribution in [0.2, 0.25) is 0 Å². The molecule has 0 spiro atoms. The van der Waals surface area contributed by atoms with Gasteiger partial charge >= 0.3 is 0 Å². The maximum atomic E-state index is 12.5. The Morgan fingerprint density at radius 3 is 2.48 bits per heavy atom. The second-order valence-corrected chi connectivity index (χ2v) is 8.75. The lowest BCUT2D eigenvalue weighted by molar-refractivity contribution is -0.116. The summed E-state index contributed by atoms with van der Waals surface area (Å²) in [5, 5.41) is 10.8. The van der Waals surface area contributed by atoms with Gasteiger partial charge in [0, 0.05) is 34.5 Å². The van der Waals surface area contributed by atoms with Gasteiger partial charge in [-0.05, 0) is 25.1 Å². The van der Waals surface area contributed by atoms with Crippen LogP contribution in [0.1, 0.15) is 18.2 Å². The number of benzene rings is 2. The van der Waals surface area contributed by atoms with Crippen LogP contribution in [0.25, 0.3) is 21.8 Å². The Balaban J connectivity index is 1.38. The normalized spacial score (nSPS) is 10.6. The van der Waals surface area contributed by atoms with Crippen molar-refractivity contribution in [2.24, 2.45) is 0 Å². The minimum atomic E-state index is -0.150. The van der Waals surface area contributed by atoms with E-state index >= 15 is 0 Å². The van der Waals surface area contributed by atoms with Gasteiger partial charge in [-0.1, -0.05) is 35.9 Å². The number of rotatable bonds is 6. The number of carbonyl (C=O) groups is 2. The molecule has 0 aliphatic heterocycles. The Morgan fingerprint density at radius 2 is 1.74 bits per heavy atom. The molecular weight excluding hydrogens is 428 g/mol. The van der Waals surface area contributed by atoms with Crippen LogP contribution in [-0.2, 0) is 16.0 Å². The van der Waals surface area contributed by atoms with Crippen molar-refractivity contribution in [1.82, 2.24) is 9.97 Å². The molecule has 4 rings (SSSR count). The molecule has 0 saturated heterocycles. The van der Waals surface area contributed by atoms with Crippen LogP contribution >= 0.6 is 22.7 Å². The van der Waals surface area contributed by atoms with Crippen LogP contribution in [0, 0.1) is 6.92 Å². The number of nitrogens with zero attached hydrogens (tertiary/aromatic N) is 2. The van der Waals surface area contributed by atoms with Gasteiger partial charge in [-0.3, -0.25) is 9.59 Å². The summed E-state index contributed by atoms with van der Waals surface area (Å²) in [7, 11) is 0. The van der Waals surface area contributed by atoms with Crippen molar-refractivity contribution >= 4 is 45.3 Å². The number of carbonyl (C=O) groups excluding carboxylic acids is 2. The molecule has 0 aliphatic rings. The lowest BCUT2D eigenvalue weighted by Gasteiger charge is -2.03. The Hall–Kier alpha value is -3.36. The third-order valence-corrected chi connectivity index (χ3v) is 6.11. The van der Waals surface area contributed by atoms with Crippen molar-refractivity contribution < 1.29 is 9.59 Å². The molecule has 8 heteroatoms. The van der Waals surface area contributed by atoms with Gasteiger partial charge in [-0.15, -0.1) is 22.7 Å². The first kappa shape index (κ1) is 20.9. The summed E-state index contributed by atoms with van der Waals surface area (Å²) in [4.78, 5) is 32.7. The number of hydrogen-bond donors (Lipinski definition) is 2. The zero-order valence-corrected chi connectivity index (χ0v) is 18.6. The number of hydrogen-bond acceptors (Lipinski definition) is 6. The monoisotopic (exact) mass is 448 g/mol. The van der Waals surface area contributed by atoms with Crippen LogP contribution in [0.15, 0.2) is 59.3 Å². The first-order chi connectivity index (χ1) is 15.0. The third-order valence-electron chi connectivity index (χ3n) is 4.41. The van der Waals surface area contributed by atoms with Gasteiger partial charge in [0.1, 0.15) is 5.01 Å². The summed E-state index contributed by atoms with van der Waals surface area (Å²) < 4.78 is 0. The molecule has 2 N–H and O–H groups in total. The van der Waals surface area contributed by atoms with E-state index in [4.69, 9.17) is 0 Å². The van der Waals surface area contributed by atoms with Gasteiger partial charge in [0.25, 0.3) is 0 Å². The lowest BCUT2D eigenvalue weighted by atomic mass is 10.1. The zero-order valence-electron chi connectivity index (χ0n) is 17.0. The largest absolute Gasteiger partial charge is 0.326 e. The van der Waals surface area contributed by atoms with Gasteiger partial charge in [-0.2, -0.15) is 0 Å². The number of aromatic nitrogens is 2. The number of amides is 2. The molecule has 0 radical (unpaired) electrons. The number of aryl methyl sites for hydroxylation is 1. The Kier molecular flexibility index (Phi) is 6.20. The van der Waals surface area contributed by atoms with Crippen LogP contribution in [-0.4, -0.2) is 21.8 Å². The molecule has 31 heavy (non-hydrogen) atoms. The molecule has 2 aromatic carbocycles. The highest BCUT2D eigenvalue weighted by molar-refractivity contribution is 7.14. The standard InChI is InChI=1S/C23H20N4O2S2/c1-14-4-3-5-17(10-14)22-25-19(12-30-22)11-21(29)27-23-26-20(13-31-23)16-6-8-18(9-7-16)24-15(2)28/h3-10,12-13H,11H2,1-2H3,(H,24,28)(H,26,27,29). The smallest absolute Gasteiger partial charge is 0.232 e. The van der Waals surface area contributed by atoms with Gasteiger partial charge in [0.2, 0.25) is 11.8 Å². The minimum Gasteiger partial charge on any atom is -0.326 e. The van der Waals surface area contributed by atoms with Crippen molar-refractivity contribution in [3.8, 4) is 21.8 Å². The molecule has 0 atom stereocenters. The molecule has 2 aromatic heterocycles. The summed E-state index contributed by atoms with van der Waals surface area (Å²) >= 11 is 2.91. The molecule has 6 nitrogen and oxygen atoms in total. The Labute approximate surface area is 188 Å². The van der Waals surface area contributed by atoms with Crippen molar-refractivity contribution in [3.05, 3.63) is 70.5 Å². The molecule has 0 aliphatic carbocycles. The van der Waals surface area contributed by atoms with E-state index in [1.165, 1.54) is 35.2 Å². The molecule has 0 unspecified atom stereocenters. The van der Waals surface area contributed by atoms with Gasteiger partial charge in [-0.25, -0.2) is 9.97 Å². The second kappa shape index (κ2) is 9.20. The van der Waals surface area contributed by atoms with Gasteiger partial charge in [0.05, 0.1) is 17.8 Å². The number of thiazole rings is 2. The fourth-order valence-corrected chi connectivity index (χ4v) is 4.57. The van der Waals surface area contributed by atoms with E-state index in [1.54, 1.807) is 0 Å². The van der Waals surface area contributed by atoms with E-state index in [0.29, 0.717) is 5.13 Å². The van der Waals surface area contributed by atoms with Crippen LogP contribution in [0.5, 0.6) is 0 Å². The number of anilines is 2. The topological polar surface area (TPSA) is 84.0 Å². The maximum absolute atomic E-state index is 12.5. The van der Waals surface area contributed by atoms with Gasteiger partial charge in [0.15, 0.2) is 5.13 Å². The zero-order chi connectivity index (χ0) is 21.8. The van der Waals surface area contributed by atoms with Gasteiger partial charge < -0.3 is 10.6 Å². The van der Waals surface area contributed by atoms with E-state index in [9.17, 15) is 9.59 Å². The van der Waals surface area contributed by atoms with Crippen molar-refractivity contribution in [2.75, 3.05) is 10.6 Å². The van der Waals surface area contributed by atoms with Crippen LogP contribution in [0.3, 0.4) is 0 Å².